The Hall–Kier alpha value is -1.41. The quantitative estimate of drug-likeness (QED) is 0.922. The number of sulfonamides is 1. The summed E-state index contributed by atoms with van der Waals surface area (Å²) in [6.07, 6.45) is 0. The first-order chi connectivity index (χ1) is 10.5. The third-order valence-corrected chi connectivity index (χ3v) is 5.66. The second-order valence-corrected chi connectivity index (χ2v) is 7.92. The second-order valence-electron chi connectivity index (χ2n) is 5.36. The molecule has 1 fully saturated rings. The highest BCUT2D eigenvalue weighted by atomic mass is 32.2. The minimum atomic E-state index is -3.69. The number of hydrogen-bond acceptors (Lipinski definition) is 5. The number of nitrogens with two attached hydrogens (primary N) is 1. The topological polar surface area (TPSA) is 66.6 Å². The highest BCUT2D eigenvalue weighted by Crippen LogP contribution is 2.25. The Labute approximate surface area is 135 Å². The molecule has 1 aliphatic rings. The van der Waals surface area contributed by atoms with Crippen molar-refractivity contribution in [3.05, 3.63) is 46.7 Å². The SMILES string of the molecule is NS(=O)(=O)c1ccccc1N1CCN(Cc2cccs2)CC1. The molecule has 22 heavy (non-hydrogen) atoms. The molecule has 1 aliphatic heterocycles. The Balaban J connectivity index is 1.69. The van der Waals surface area contributed by atoms with Crippen LogP contribution in [0.2, 0.25) is 0 Å². The fourth-order valence-corrected chi connectivity index (χ4v) is 4.23. The molecule has 0 radical (unpaired) electrons. The molecule has 2 N–H and O–H groups in total. The largest absolute Gasteiger partial charge is 0.368 e. The van der Waals surface area contributed by atoms with E-state index in [1.165, 1.54) is 4.88 Å². The van der Waals surface area contributed by atoms with E-state index in [1.807, 2.05) is 12.1 Å². The lowest BCUT2D eigenvalue weighted by atomic mass is 10.2. The number of benzene rings is 1. The van der Waals surface area contributed by atoms with Crippen LogP contribution < -0.4 is 10.0 Å². The van der Waals surface area contributed by atoms with Crippen LogP contribution in [-0.4, -0.2) is 39.5 Å². The lowest BCUT2D eigenvalue weighted by Gasteiger charge is -2.36. The highest BCUT2D eigenvalue weighted by Gasteiger charge is 2.22. The van der Waals surface area contributed by atoms with Crippen LogP contribution in [0.5, 0.6) is 0 Å². The van der Waals surface area contributed by atoms with Gasteiger partial charge in [-0.1, -0.05) is 18.2 Å². The van der Waals surface area contributed by atoms with Crippen molar-refractivity contribution in [1.82, 2.24) is 4.90 Å². The highest BCUT2D eigenvalue weighted by molar-refractivity contribution is 7.89. The summed E-state index contributed by atoms with van der Waals surface area (Å²) in [7, 11) is -3.69. The molecular weight excluding hydrogens is 318 g/mol. The molecule has 5 nitrogen and oxygen atoms in total. The van der Waals surface area contributed by atoms with E-state index in [4.69, 9.17) is 5.14 Å². The van der Waals surface area contributed by atoms with Gasteiger partial charge in [0, 0.05) is 37.6 Å². The molecule has 0 amide bonds. The molecular formula is C15H19N3O2S2. The average Bonchev–Trinajstić information content (AvgIpc) is 3.00. The molecule has 1 aromatic carbocycles. The van der Waals surface area contributed by atoms with E-state index in [0.29, 0.717) is 5.69 Å². The van der Waals surface area contributed by atoms with Gasteiger partial charge in [-0.25, -0.2) is 13.6 Å². The molecule has 0 atom stereocenters. The van der Waals surface area contributed by atoms with E-state index in [0.717, 1.165) is 32.7 Å². The van der Waals surface area contributed by atoms with Crippen molar-refractivity contribution >= 4 is 27.0 Å². The first kappa shape index (κ1) is 15.5. The average molecular weight is 337 g/mol. The zero-order valence-electron chi connectivity index (χ0n) is 12.2. The maximum atomic E-state index is 11.7. The minimum Gasteiger partial charge on any atom is -0.368 e. The van der Waals surface area contributed by atoms with Crippen molar-refractivity contribution in [1.29, 1.82) is 0 Å². The number of para-hydroxylation sites is 1. The lowest BCUT2D eigenvalue weighted by molar-refractivity contribution is 0.251. The monoisotopic (exact) mass is 337 g/mol. The summed E-state index contributed by atoms with van der Waals surface area (Å²) in [5.74, 6) is 0. The van der Waals surface area contributed by atoms with Gasteiger partial charge in [-0.15, -0.1) is 11.3 Å². The Kier molecular flexibility index (Phi) is 4.49. The maximum absolute atomic E-state index is 11.7. The standard InChI is InChI=1S/C15H19N3O2S2/c16-22(19,20)15-6-2-1-5-14(15)18-9-7-17(8-10-18)12-13-4-3-11-21-13/h1-6,11H,7-10,12H2,(H2,16,19,20). The first-order valence-corrected chi connectivity index (χ1v) is 9.58. The van der Waals surface area contributed by atoms with Gasteiger partial charge in [0.05, 0.1) is 5.69 Å². The predicted molar refractivity (Wildman–Crippen MR) is 89.6 cm³/mol. The molecule has 0 bridgehead atoms. The number of primary sulfonamides is 1. The summed E-state index contributed by atoms with van der Waals surface area (Å²) in [4.78, 5) is 6.06. The molecule has 1 saturated heterocycles. The van der Waals surface area contributed by atoms with Crippen molar-refractivity contribution in [2.45, 2.75) is 11.4 Å². The van der Waals surface area contributed by atoms with Crippen LogP contribution in [0.25, 0.3) is 0 Å². The van der Waals surface area contributed by atoms with E-state index in [1.54, 1.807) is 23.5 Å². The van der Waals surface area contributed by atoms with Gasteiger partial charge in [0.15, 0.2) is 0 Å². The third kappa shape index (κ3) is 3.49. The third-order valence-electron chi connectivity index (χ3n) is 3.84. The summed E-state index contributed by atoms with van der Waals surface area (Å²) >= 11 is 1.77. The number of rotatable bonds is 4. The van der Waals surface area contributed by atoms with Crippen molar-refractivity contribution in [3.63, 3.8) is 0 Å². The molecule has 0 unspecified atom stereocenters. The van der Waals surface area contributed by atoms with Gasteiger partial charge in [0.1, 0.15) is 4.90 Å². The fourth-order valence-electron chi connectivity index (χ4n) is 2.73. The van der Waals surface area contributed by atoms with Gasteiger partial charge >= 0.3 is 0 Å². The zero-order valence-corrected chi connectivity index (χ0v) is 13.8. The number of thiophene rings is 1. The summed E-state index contributed by atoms with van der Waals surface area (Å²) in [5.41, 5.74) is 0.709. The van der Waals surface area contributed by atoms with Crippen LogP contribution in [0.1, 0.15) is 4.88 Å². The molecule has 0 aliphatic carbocycles. The second kappa shape index (κ2) is 6.37. The smallest absolute Gasteiger partial charge is 0.240 e. The van der Waals surface area contributed by atoms with E-state index in [9.17, 15) is 8.42 Å². The van der Waals surface area contributed by atoms with Crippen molar-refractivity contribution < 1.29 is 8.42 Å². The molecule has 1 aromatic heterocycles. The van der Waals surface area contributed by atoms with Crippen LogP contribution in [0.4, 0.5) is 5.69 Å². The fraction of sp³-hybridized carbons (Fsp3) is 0.333. The van der Waals surface area contributed by atoms with Crippen molar-refractivity contribution in [2.24, 2.45) is 5.14 Å². The van der Waals surface area contributed by atoms with Crippen LogP contribution >= 0.6 is 11.3 Å². The molecule has 0 saturated carbocycles. The zero-order chi connectivity index (χ0) is 15.6. The van der Waals surface area contributed by atoms with E-state index in [2.05, 4.69) is 27.3 Å². The van der Waals surface area contributed by atoms with Gasteiger partial charge in [0.25, 0.3) is 0 Å². The molecule has 2 heterocycles. The normalized spacial score (nSPS) is 16.9. The van der Waals surface area contributed by atoms with Crippen LogP contribution in [-0.2, 0) is 16.6 Å². The summed E-state index contributed by atoms with van der Waals surface area (Å²) in [6, 6.07) is 11.2. The molecule has 3 rings (SSSR count). The minimum absolute atomic E-state index is 0.210. The van der Waals surface area contributed by atoms with Gasteiger partial charge in [-0.3, -0.25) is 4.90 Å². The molecule has 7 heteroatoms. The Morgan fingerprint density at radius 2 is 1.77 bits per heavy atom. The lowest BCUT2D eigenvalue weighted by Crippen LogP contribution is -2.46. The predicted octanol–water partition coefficient (Wildman–Crippen LogP) is 1.72. The van der Waals surface area contributed by atoms with Gasteiger partial charge in [0.2, 0.25) is 10.0 Å². The van der Waals surface area contributed by atoms with E-state index >= 15 is 0 Å². The Morgan fingerprint density at radius 1 is 1.05 bits per heavy atom. The molecule has 118 valence electrons. The maximum Gasteiger partial charge on any atom is 0.240 e. The number of nitrogens with zero attached hydrogens (tertiary/aromatic N) is 2. The van der Waals surface area contributed by atoms with Crippen molar-refractivity contribution in [2.75, 3.05) is 31.1 Å². The van der Waals surface area contributed by atoms with Crippen LogP contribution in [0.3, 0.4) is 0 Å². The van der Waals surface area contributed by atoms with Gasteiger partial charge in [-0.2, -0.15) is 0 Å². The molecule has 2 aromatic rings. The van der Waals surface area contributed by atoms with E-state index in [-0.39, 0.29) is 4.90 Å². The van der Waals surface area contributed by atoms with Gasteiger partial charge < -0.3 is 4.90 Å². The summed E-state index contributed by atoms with van der Waals surface area (Å²) in [6.45, 7) is 4.39. The molecule has 0 spiro atoms. The Bertz CT molecular complexity index is 721. The number of piperazine rings is 1. The summed E-state index contributed by atoms with van der Waals surface area (Å²) in [5, 5.41) is 7.41. The number of anilines is 1. The van der Waals surface area contributed by atoms with Crippen molar-refractivity contribution in [3.8, 4) is 0 Å². The summed E-state index contributed by atoms with van der Waals surface area (Å²) < 4.78 is 23.4. The van der Waals surface area contributed by atoms with Gasteiger partial charge in [-0.05, 0) is 23.6 Å². The van der Waals surface area contributed by atoms with Crippen LogP contribution in [0.15, 0.2) is 46.7 Å². The first-order valence-electron chi connectivity index (χ1n) is 7.15. The number of hydrogen-bond donors (Lipinski definition) is 1. The Morgan fingerprint density at radius 3 is 2.41 bits per heavy atom. The van der Waals surface area contributed by atoms with E-state index < -0.39 is 10.0 Å². The van der Waals surface area contributed by atoms with Crippen LogP contribution in [0, 0.1) is 0 Å².